The Kier molecular flexibility index (Phi) is 8.52. The molecule has 212 valence electrons. The number of aliphatic hydroxyl groups excluding tert-OH is 1. The summed E-state index contributed by atoms with van der Waals surface area (Å²) in [5.41, 5.74) is 15.1. The van der Waals surface area contributed by atoms with Gasteiger partial charge in [0.2, 0.25) is 0 Å². The fraction of sp³-hybridized carbons (Fsp3) is 0.312. The number of halogens is 1. The molecule has 5 aromatic rings. The third-order valence-electron chi connectivity index (χ3n) is 7.27. The van der Waals surface area contributed by atoms with E-state index in [-0.39, 0.29) is 12.5 Å². The molecule has 41 heavy (non-hydrogen) atoms. The van der Waals surface area contributed by atoms with Gasteiger partial charge in [-0.15, -0.1) is 11.6 Å². The summed E-state index contributed by atoms with van der Waals surface area (Å²) < 4.78 is 3.88. The standard InChI is InChI=1S/C32H36ClN7O/c1-20(2)30-22(4)40(28-16-24-19-39(15-9-14-33)38-32(24)36-21(28)3)37-31(30)25-12-8-13-27(34)26(25)17-35-18-29(41)23-10-6-5-7-11-23/h5-8,10-13,16-17,19-20,29,41H,9,14-15,18,34H2,1-4H3/t29-/m0/s1. The predicted molar refractivity (Wildman–Crippen MR) is 167 cm³/mol. The van der Waals surface area contributed by atoms with Gasteiger partial charge in [-0.1, -0.05) is 56.3 Å². The smallest absolute Gasteiger partial charge is 0.181 e. The summed E-state index contributed by atoms with van der Waals surface area (Å²) in [5.74, 6) is 0.797. The van der Waals surface area contributed by atoms with Crippen molar-refractivity contribution < 1.29 is 5.11 Å². The van der Waals surface area contributed by atoms with Gasteiger partial charge in [-0.2, -0.15) is 10.2 Å². The number of aliphatic imine (C=N–C) groups is 1. The molecule has 1 atom stereocenters. The molecule has 0 unspecified atom stereocenters. The molecule has 3 aromatic heterocycles. The Morgan fingerprint density at radius 3 is 2.59 bits per heavy atom. The van der Waals surface area contributed by atoms with E-state index in [1.807, 2.05) is 71.0 Å². The summed E-state index contributed by atoms with van der Waals surface area (Å²) in [6, 6.07) is 17.5. The number of anilines is 1. The summed E-state index contributed by atoms with van der Waals surface area (Å²) in [6.07, 6.45) is 3.91. The molecule has 0 amide bonds. The zero-order valence-electron chi connectivity index (χ0n) is 23.9. The van der Waals surface area contributed by atoms with Crippen molar-refractivity contribution in [1.82, 2.24) is 24.5 Å². The molecule has 5 rings (SSSR count). The number of aryl methyl sites for hydroxylation is 2. The topological polar surface area (TPSA) is 107 Å². The summed E-state index contributed by atoms with van der Waals surface area (Å²) in [4.78, 5) is 9.38. The monoisotopic (exact) mass is 569 g/mol. The van der Waals surface area contributed by atoms with Gasteiger partial charge in [0.25, 0.3) is 0 Å². The fourth-order valence-electron chi connectivity index (χ4n) is 5.23. The molecule has 8 nitrogen and oxygen atoms in total. The molecular formula is C32H36ClN7O. The number of pyridine rings is 1. The molecule has 0 fully saturated rings. The number of hydrogen-bond donors (Lipinski definition) is 2. The van der Waals surface area contributed by atoms with Crippen LogP contribution in [0.25, 0.3) is 28.0 Å². The number of nitrogen functional groups attached to an aromatic ring is 1. The second-order valence-corrected chi connectivity index (χ2v) is 11.0. The highest BCUT2D eigenvalue weighted by atomic mass is 35.5. The van der Waals surface area contributed by atoms with E-state index in [1.165, 1.54) is 0 Å². The fourth-order valence-corrected chi connectivity index (χ4v) is 5.35. The van der Waals surface area contributed by atoms with E-state index in [4.69, 9.17) is 27.4 Å². The Balaban J connectivity index is 1.56. The first-order valence-corrected chi connectivity index (χ1v) is 14.4. The normalized spacial score (nSPS) is 12.7. The summed E-state index contributed by atoms with van der Waals surface area (Å²) in [7, 11) is 0. The van der Waals surface area contributed by atoms with E-state index in [0.29, 0.717) is 17.2 Å². The van der Waals surface area contributed by atoms with Crippen molar-refractivity contribution in [2.45, 2.75) is 52.7 Å². The average molecular weight is 570 g/mol. The lowest BCUT2D eigenvalue weighted by molar-refractivity contribution is 0.187. The van der Waals surface area contributed by atoms with Crippen molar-refractivity contribution in [2.24, 2.45) is 4.99 Å². The van der Waals surface area contributed by atoms with Crippen LogP contribution in [0.1, 0.15) is 60.4 Å². The van der Waals surface area contributed by atoms with E-state index < -0.39 is 6.10 Å². The molecule has 0 spiro atoms. The van der Waals surface area contributed by atoms with Crippen LogP contribution in [0.15, 0.2) is 65.8 Å². The van der Waals surface area contributed by atoms with Crippen molar-refractivity contribution in [2.75, 3.05) is 18.2 Å². The largest absolute Gasteiger partial charge is 0.398 e. The van der Waals surface area contributed by atoms with E-state index >= 15 is 0 Å². The predicted octanol–water partition coefficient (Wildman–Crippen LogP) is 6.39. The number of benzene rings is 2. The van der Waals surface area contributed by atoms with Crippen LogP contribution in [-0.2, 0) is 6.54 Å². The Labute approximate surface area is 245 Å². The van der Waals surface area contributed by atoms with Gasteiger partial charge in [-0.25, -0.2) is 9.67 Å². The first-order chi connectivity index (χ1) is 19.8. The van der Waals surface area contributed by atoms with Crippen molar-refractivity contribution >= 4 is 34.5 Å². The van der Waals surface area contributed by atoms with Crippen LogP contribution in [0.5, 0.6) is 0 Å². The number of alkyl halides is 1. The molecule has 3 N–H and O–H groups in total. The Morgan fingerprint density at radius 1 is 1.07 bits per heavy atom. The first-order valence-electron chi connectivity index (χ1n) is 13.9. The van der Waals surface area contributed by atoms with Crippen LogP contribution in [0.4, 0.5) is 5.69 Å². The minimum Gasteiger partial charge on any atom is -0.398 e. The summed E-state index contributed by atoms with van der Waals surface area (Å²) >= 11 is 5.88. The van der Waals surface area contributed by atoms with Crippen molar-refractivity contribution in [3.63, 3.8) is 0 Å². The number of rotatable bonds is 10. The molecule has 0 saturated heterocycles. The van der Waals surface area contributed by atoms with Crippen molar-refractivity contribution in [1.29, 1.82) is 0 Å². The van der Waals surface area contributed by atoms with Crippen LogP contribution in [0, 0.1) is 13.8 Å². The van der Waals surface area contributed by atoms with Gasteiger partial charge >= 0.3 is 0 Å². The number of fused-ring (bicyclic) bond motifs is 1. The zero-order valence-corrected chi connectivity index (χ0v) is 24.7. The van der Waals surface area contributed by atoms with Crippen LogP contribution in [0.3, 0.4) is 0 Å². The van der Waals surface area contributed by atoms with Crippen LogP contribution >= 0.6 is 11.6 Å². The number of nitrogens with zero attached hydrogens (tertiary/aromatic N) is 6. The lowest BCUT2D eigenvalue weighted by atomic mass is 9.94. The van der Waals surface area contributed by atoms with Crippen molar-refractivity contribution in [3.05, 3.63) is 88.9 Å². The van der Waals surface area contributed by atoms with E-state index in [0.717, 1.165) is 63.4 Å². The second kappa shape index (κ2) is 12.2. The van der Waals surface area contributed by atoms with Gasteiger partial charge in [0.15, 0.2) is 5.65 Å². The van der Waals surface area contributed by atoms with E-state index in [2.05, 4.69) is 36.9 Å². The molecule has 3 heterocycles. The minimum absolute atomic E-state index is 0.208. The lowest BCUT2D eigenvalue weighted by Gasteiger charge is -2.12. The summed E-state index contributed by atoms with van der Waals surface area (Å²) in [6.45, 7) is 9.39. The molecule has 0 aliphatic rings. The highest BCUT2D eigenvalue weighted by Crippen LogP contribution is 2.36. The Hall–Kier alpha value is -4.01. The van der Waals surface area contributed by atoms with Gasteiger partial charge < -0.3 is 10.8 Å². The lowest BCUT2D eigenvalue weighted by Crippen LogP contribution is -2.04. The van der Waals surface area contributed by atoms with Crippen LogP contribution in [0.2, 0.25) is 0 Å². The third-order valence-corrected chi connectivity index (χ3v) is 7.54. The highest BCUT2D eigenvalue weighted by Gasteiger charge is 2.23. The van der Waals surface area contributed by atoms with Crippen molar-refractivity contribution in [3.8, 4) is 16.9 Å². The third kappa shape index (κ3) is 5.89. The van der Waals surface area contributed by atoms with E-state index in [9.17, 15) is 5.11 Å². The van der Waals surface area contributed by atoms with E-state index in [1.54, 1.807) is 6.21 Å². The number of aliphatic hydroxyl groups is 1. The number of aromatic nitrogens is 5. The average Bonchev–Trinajstić information content (AvgIpc) is 3.52. The maximum Gasteiger partial charge on any atom is 0.181 e. The van der Waals surface area contributed by atoms with Crippen LogP contribution < -0.4 is 5.73 Å². The quantitative estimate of drug-likeness (QED) is 0.115. The molecule has 0 radical (unpaired) electrons. The molecule has 0 aliphatic carbocycles. The van der Waals surface area contributed by atoms with Gasteiger partial charge in [-0.05, 0) is 43.9 Å². The Morgan fingerprint density at radius 2 is 1.85 bits per heavy atom. The minimum atomic E-state index is -0.696. The van der Waals surface area contributed by atoms with Gasteiger partial charge in [0.1, 0.15) is 0 Å². The highest BCUT2D eigenvalue weighted by molar-refractivity contribution is 6.17. The molecule has 2 aromatic carbocycles. The number of nitrogens with two attached hydrogens (primary N) is 1. The summed E-state index contributed by atoms with van der Waals surface area (Å²) in [5, 5.41) is 21.3. The Bertz CT molecular complexity index is 1690. The first kappa shape index (κ1) is 28.5. The molecule has 0 aliphatic heterocycles. The second-order valence-electron chi connectivity index (χ2n) is 10.6. The van der Waals surface area contributed by atoms with Gasteiger partial charge in [-0.3, -0.25) is 9.67 Å². The van der Waals surface area contributed by atoms with Crippen LogP contribution in [-0.4, -0.2) is 48.3 Å². The number of hydrogen-bond acceptors (Lipinski definition) is 6. The van der Waals surface area contributed by atoms with Gasteiger partial charge in [0, 0.05) is 58.3 Å². The zero-order chi connectivity index (χ0) is 29.1. The molecule has 0 bridgehead atoms. The maximum absolute atomic E-state index is 10.6. The molecule has 0 saturated carbocycles. The van der Waals surface area contributed by atoms with Gasteiger partial charge in [0.05, 0.1) is 29.7 Å². The maximum atomic E-state index is 10.6. The molecular weight excluding hydrogens is 534 g/mol. The molecule has 9 heteroatoms. The SMILES string of the molecule is Cc1nc2nn(CCCCl)cc2cc1-n1nc(-c2cccc(N)c2C=NC[C@H](O)c2ccccc2)c(C(C)C)c1C.